The molecule has 0 spiro atoms. The summed E-state index contributed by atoms with van der Waals surface area (Å²) in [5.41, 5.74) is 1.46. The van der Waals surface area contributed by atoms with Crippen LogP contribution < -0.4 is 5.32 Å². The molecule has 1 N–H and O–H groups in total. The zero-order chi connectivity index (χ0) is 18.7. The fourth-order valence-electron chi connectivity index (χ4n) is 3.01. The maximum Gasteiger partial charge on any atom is 0.255 e. The number of halogens is 3. The topological polar surface area (TPSA) is 49.4 Å². The average Bonchev–Trinajstić information content (AvgIpc) is 3.10. The van der Waals surface area contributed by atoms with Crippen molar-refractivity contribution in [1.82, 2.24) is 10.2 Å². The number of carbonyl (C=O) groups is 2. The monoisotopic (exact) mass is 454 g/mol. The molecule has 2 aromatic carbocycles. The van der Waals surface area contributed by atoms with Crippen LogP contribution in [0.25, 0.3) is 0 Å². The summed E-state index contributed by atoms with van der Waals surface area (Å²) >= 11 is 15.2. The number of hydrogen-bond donors (Lipinski definition) is 1. The van der Waals surface area contributed by atoms with Gasteiger partial charge in [0.1, 0.15) is 6.04 Å². The van der Waals surface area contributed by atoms with Crippen molar-refractivity contribution >= 4 is 50.9 Å². The van der Waals surface area contributed by atoms with E-state index in [0.717, 1.165) is 12.0 Å². The Morgan fingerprint density at radius 3 is 2.50 bits per heavy atom. The van der Waals surface area contributed by atoms with Crippen molar-refractivity contribution in [2.45, 2.75) is 25.4 Å². The van der Waals surface area contributed by atoms with E-state index >= 15 is 0 Å². The molecule has 1 aliphatic heterocycles. The Labute approximate surface area is 170 Å². The Kier molecular flexibility index (Phi) is 6.22. The molecule has 136 valence electrons. The van der Waals surface area contributed by atoms with Crippen LogP contribution >= 0.6 is 39.1 Å². The smallest absolute Gasteiger partial charge is 0.255 e. The zero-order valence-corrected chi connectivity index (χ0v) is 16.9. The molecule has 0 aliphatic carbocycles. The van der Waals surface area contributed by atoms with Gasteiger partial charge >= 0.3 is 0 Å². The van der Waals surface area contributed by atoms with Gasteiger partial charge in [0.05, 0.1) is 5.56 Å². The summed E-state index contributed by atoms with van der Waals surface area (Å²) in [6, 6.07) is 11.9. The Bertz CT molecular complexity index is 827. The second-order valence-electron chi connectivity index (χ2n) is 6.13. The Morgan fingerprint density at radius 2 is 1.81 bits per heavy atom. The van der Waals surface area contributed by atoms with Crippen molar-refractivity contribution in [3.63, 3.8) is 0 Å². The number of rotatable bonds is 4. The third-order valence-corrected chi connectivity index (χ3v) is 5.50. The number of nitrogens with one attached hydrogen (secondary N) is 1. The molecule has 0 saturated carbocycles. The molecule has 3 rings (SSSR count). The molecule has 1 aliphatic rings. The van der Waals surface area contributed by atoms with Crippen molar-refractivity contribution in [2.24, 2.45) is 0 Å². The van der Waals surface area contributed by atoms with Gasteiger partial charge in [0.15, 0.2) is 0 Å². The first-order chi connectivity index (χ1) is 12.5. The number of likely N-dealkylation sites (tertiary alicyclic amines) is 1. The predicted octanol–water partition coefficient (Wildman–Crippen LogP) is 4.68. The summed E-state index contributed by atoms with van der Waals surface area (Å²) in [4.78, 5) is 27.1. The number of nitrogens with zero attached hydrogens (tertiary/aromatic N) is 1. The van der Waals surface area contributed by atoms with E-state index < -0.39 is 6.04 Å². The van der Waals surface area contributed by atoms with Crippen LogP contribution in [-0.4, -0.2) is 29.3 Å². The third-order valence-electron chi connectivity index (χ3n) is 4.36. The van der Waals surface area contributed by atoms with Gasteiger partial charge < -0.3 is 10.2 Å². The van der Waals surface area contributed by atoms with Crippen LogP contribution in [0.4, 0.5) is 0 Å². The summed E-state index contributed by atoms with van der Waals surface area (Å²) in [6.45, 7) is 0.964. The van der Waals surface area contributed by atoms with Gasteiger partial charge in [0, 0.05) is 27.6 Å². The fraction of sp³-hybridized carbons (Fsp3) is 0.263. The standard InChI is InChI=1S/C19H17BrCl2N2O2/c20-16-10-14(22)7-8-15(16)19(26)24-9-1-2-17(24)18(25)23-11-12-3-5-13(21)6-4-12/h3-8,10,17H,1-2,9,11H2,(H,23,25)/t17-/m0/s1. The molecule has 0 radical (unpaired) electrons. The number of hydrogen-bond acceptors (Lipinski definition) is 2. The summed E-state index contributed by atoms with van der Waals surface area (Å²) in [6.07, 6.45) is 1.46. The maximum absolute atomic E-state index is 12.9. The van der Waals surface area contributed by atoms with Gasteiger partial charge in [-0.05, 0) is 64.7 Å². The molecule has 0 bridgehead atoms. The molecule has 7 heteroatoms. The van der Waals surface area contributed by atoms with Crippen molar-refractivity contribution in [3.8, 4) is 0 Å². The van der Waals surface area contributed by atoms with E-state index in [9.17, 15) is 9.59 Å². The summed E-state index contributed by atoms with van der Waals surface area (Å²) < 4.78 is 0.627. The van der Waals surface area contributed by atoms with Crippen molar-refractivity contribution < 1.29 is 9.59 Å². The lowest BCUT2D eigenvalue weighted by molar-refractivity contribution is -0.125. The minimum atomic E-state index is -0.461. The van der Waals surface area contributed by atoms with Crippen LogP contribution in [0.1, 0.15) is 28.8 Å². The van der Waals surface area contributed by atoms with Gasteiger partial charge in [-0.25, -0.2) is 0 Å². The van der Waals surface area contributed by atoms with Gasteiger partial charge in [0.2, 0.25) is 5.91 Å². The molecular formula is C19H17BrCl2N2O2. The largest absolute Gasteiger partial charge is 0.350 e. The molecule has 0 unspecified atom stereocenters. The minimum absolute atomic E-state index is 0.143. The zero-order valence-electron chi connectivity index (χ0n) is 13.8. The number of benzene rings is 2. The first-order valence-corrected chi connectivity index (χ1v) is 9.79. The van der Waals surface area contributed by atoms with Crippen LogP contribution in [0.5, 0.6) is 0 Å². The lowest BCUT2D eigenvalue weighted by Gasteiger charge is -2.24. The highest BCUT2D eigenvalue weighted by molar-refractivity contribution is 9.10. The van der Waals surface area contributed by atoms with E-state index in [1.54, 1.807) is 35.2 Å². The molecule has 1 heterocycles. The molecular weight excluding hydrogens is 439 g/mol. The molecule has 26 heavy (non-hydrogen) atoms. The van der Waals surface area contributed by atoms with Crippen molar-refractivity contribution in [2.75, 3.05) is 6.54 Å². The molecule has 2 aromatic rings. The Balaban J connectivity index is 1.67. The quantitative estimate of drug-likeness (QED) is 0.727. The van der Waals surface area contributed by atoms with Crippen molar-refractivity contribution in [1.29, 1.82) is 0 Å². The lowest BCUT2D eigenvalue weighted by Crippen LogP contribution is -2.45. The van der Waals surface area contributed by atoms with Gasteiger partial charge in [-0.15, -0.1) is 0 Å². The molecule has 1 fully saturated rings. The summed E-state index contributed by atoms with van der Waals surface area (Å²) in [5.74, 6) is -0.312. The average molecular weight is 456 g/mol. The van der Waals surface area contributed by atoms with Crippen LogP contribution in [0.2, 0.25) is 10.0 Å². The Hall–Kier alpha value is -1.56. The Morgan fingerprint density at radius 1 is 1.12 bits per heavy atom. The first kappa shape index (κ1) is 19.2. The lowest BCUT2D eigenvalue weighted by atomic mass is 10.1. The predicted molar refractivity (Wildman–Crippen MR) is 107 cm³/mol. The van der Waals surface area contributed by atoms with Crippen LogP contribution in [0.3, 0.4) is 0 Å². The normalized spacial score (nSPS) is 16.6. The van der Waals surface area contributed by atoms with Gasteiger partial charge in [0.25, 0.3) is 5.91 Å². The molecule has 1 saturated heterocycles. The van der Waals surface area contributed by atoms with E-state index in [-0.39, 0.29) is 11.8 Å². The van der Waals surface area contributed by atoms with E-state index in [0.29, 0.717) is 39.6 Å². The minimum Gasteiger partial charge on any atom is -0.350 e. The van der Waals surface area contributed by atoms with Gasteiger partial charge in [-0.2, -0.15) is 0 Å². The summed E-state index contributed by atoms with van der Waals surface area (Å²) in [7, 11) is 0. The van der Waals surface area contributed by atoms with Crippen LogP contribution in [-0.2, 0) is 11.3 Å². The van der Waals surface area contributed by atoms with Crippen LogP contribution in [0.15, 0.2) is 46.9 Å². The third kappa shape index (κ3) is 4.40. The second kappa shape index (κ2) is 8.42. The molecule has 4 nitrogen and oxygen atoms in total. The highest BCUT2D eigenvalue weighted by Gasteiger charge is 2.35. The van der Waals surface area contributed by atoms with Gasteiger partial charge in [-0.3, -0.25) is 9.59 Å². The van der Waals surface area contributed by atoms with E-state index in [1.165, 1.54) is 0 Å². The highest BCUT2D eigenvalue weighted by Crippen LogP contribution is 2.26. The molecule has 0 aromatic heterocycles. The summed E-state index contributed by atoms with van der Waals surface area (Å²) in [5, 5.41) is 4.11. The van der Waals surface area contributed by atoms with E-state index in [1.807, 2.05) is 12.1 Å². The first-order valence-electron chi connectivity index (χ1n) is 8.24. The number of carbonyl (C=O) groups excluding carboxylic acids is 2. The van der Waals surface area contributed by atoms with Crippen molar-refractivity contribution in [3.05, 3.63) is 68.1 Å². The molecule has 1 atom stereocenters. The van der Waals surface area contributed by atoms with E-state index in [4.69, 9.17) is 23.2 Å². The van der Waals surface area contributed by atoms with Gasteiger partial charge in [-0.1, -0.05) is 35.3 Å². The number of amides is 2. The van der Waals surface area contributed by atoms with Crippen LogP contribution in [0, 0.1) is 0 Å². The second-order valence-corrected chi connectivity index (χ2v) is 7.85. The SMILES string of the molecule is O=C(NCc1ccc(Cl)cc1)[C@@H]1CCCN1C(=O)c1ccc(Cl)cc1Br. The highest BCUT2D eigenvalue weighted by atomic mass is 79.9. The molecule has 2 amide bonds. The maximum atomic E-state index is 12.9. The van der Waals surface area contributed by atoms with E-state index in [2.05, 4.69) is 21.2 Å². The fourth-order valence-corrected chi connectivity index (χ4v) is 3.99.